The highest BCUT2D eigenvalue weighted by Crippen LogP contribution is 2.15. The molecule has 2 amide bonds. The van der Waals surface area contributed by atoms with Crippen molar-refractivity contribution >= 4 is 11.8 Å². The molecule has 0 heterocycles. The second kappa shape index (κ2) is 13.7. The summed E-state index contributed by atoms with van der Waals surface area (Å²) < 4.78 is 0. The minimum absolute atomic E-state index is 0.318. The van der Waals surface area contributed by atoms with E-state index in [4.69, 9.17) is 0 Å². The molecule has 0 aromatic heterocycles. The van der Waals surface area contributed by atoms with Gasteiger partial charge < -0.3 is 0 Å². The molecule has 3 heteroatoms. The minimum Gasteiger partial charge on any atom is -0.288 e. The smallest absolute Gasteiger partial charge is 0.258 e. The molecule has 0 unspecified atom stereocenters. The van der Waals surface area contributed by atoms with Crippen LogP contribution in [0.2, 0.25) is 0 Å². The summed E-state index contributed by atoms with van der Waals surface area (Å²) in [5, 5.41) is 2.51. The number of hydrogen-bond donors (Lipinski definition) is 1. The zero-order valence-corrected chi connectivity index (χ0v) is 17.8. The quantitative estimate of drug-likeness (QED) is 0.303. The Hall–Kier alpha value is -2.42. The van der Waals surface area contributed by atoms with Crippen LogP contribution in [-0.2, 0) is 6.42 Å². The van der Waals surface area contributed by atoms with Gasteiger partial charge in [-0.3, -0.25) is 14.9 Å². The third-order valence-corrected chi connectivity index (χ3v) is 5.32. The lowest BCUT2D eigenvalue weighted by molar-refractivity contribution is 0.0849. The van der Waals surface area contributed by atoms with Gasteiger partial charge in [-0.2, -0.15) is 0 Å². The van der Waals surface area contributed by atoms with Crippen molar-refractivity contribution in [3.63, 3.8) is 0 Å². The van der Waals surface area contributed by atoms with Crippen molar-refractivity contribution in [2.45, 2.75) is 77.6 Å². The summed E-state index contributed by atoms with van der Waals surface area (Å²) >= 11 is 0. The highest BCUT2D eigenvalue weighted by atomic mass is 16.2. The van der Waals surface area contributed by atoms with E-state index in [-0.39, 0.29) is 11.8 Å². The van der Waals surface area contributed by atoms with Crippen LogP contribution in [0.3, 0.4) is 0 Å². The van der Waals surface area contributed by atoms with E-state index in [0.717, 1.165) is 18.4 Å². The molecule has 0 radical (unpaired) electrons. The maximum Gasteiger partial charge on any atom is 0.258 e. The van der Waals surface area contributed by atoms with Gasteiger partial charge in [0.15, 0.2) is 0 Å². The van der Waals surface area contributed by atoms with Crippen molar-refractivity contribution < 1.29 is 9.59 Å². The van der Waals surface area contributed by atoms with Crippen LogP contribution in [0.25, 0.3) is 0 Å². The first kappa shape index (κ1) is 22.9. The normalized spacial score (nSPS) is 10.7. The molecule has 0 aliphatic heterocycles. The van der Waals surface area contributed by atoms with Gasteiger partial charge in [0.05, 0.1) is 0 Å². The third-order valence-electron chi connectivity index (χ3n) is 5.32. The second-order valence-electron chi connectivity index (χ2n) is 7.74. The molecule has 0 aliphatic carbocycles. The van der Waals surface area contributed by atoms with Crippen molar-refractivity contribution in [2.24, 2.45) is 0 Å². The Morgan fingerprint density at radius 1 is 0.655 bits per heavy atom. The molecule has 0 fully saturated rings. The lowest BCUT2D eigenvalue weighted by atomic mass is 9.99. The number of nitrogens with one attached hydrogen (secondary N) is 1. The van der Waals surface area contributed by atoms with E-state index in [9.17, 15) is 9.59 Å². The highest BCUT2D eigenvalue weighted by Gasteiger charge is 2.14. The number of carbonyl (C=O) groups is 2. The number of hydrogen-bond acceptors (Lipinski definition) is 2. The molecule has 3 nitrogen and oxygen atoms in total. The Bertz CT molecular complexity index is 739. The Morgan fingerprint density at radius 3 is 1.86 bits per heavy atom. The van der Waals surface area contributed by atoms with Crippen molar-refractivity contribution in [2.75, 3.05) is 0 Å². The maximum atomic E-state index is 12.6. The molecule has 0 aliphatic rings. The average Bonchev–Trinajstić information content (AvgIpc) is 2.76. The van der Waals surface area contributed by atoms with Crippen LogP contribution in [0.15, 0.2) is 54.6 Å². The predicted octanol–water partition coefficient (Wildman–Crippen LogP) is 6.72. The largest absolute Gasteiger partial charge is 0.288 e. The fourth-order valence-corrected chi connectivity index (χ4v) is 3.59. The molecule has 2 aromatic rings. The highest BCUT2D eigenvalue weighted by molar-refractivity contribution is 6.10. The van der Waals surface area contributed by atoms with Crippen molar-refractivity contribution in [3.8, 4) is 0 Å². The monoisotopic (exact) mass is 393 g/mol. The van der Waals surface area contributed by atoms with Crippen molar-refractivity contribution in [1.29, 1.82) is 0 Å². The molecule has 1 N–H and O–H groups in total. The number of imide groups is 1. The van der Waals surface area contributed by atoms with E-state index in [1.54, 1.807) is 30.3 Å². The summed E-state index contributed by atoms with van der Waals surface area (Å²) in [7, 11) is 0. The number of amides is 2. The average molecular weight is 394 g/mol. The van der Waals surface area contributed by atoms with E-state index in [0.29, 0.717) is 11.1 Å². The van der Waals surface area contributed by atoms with Gasteiger partial charge in [-0.1, -0.05) is 101 Å². The second-order valence-corrected chi connectivity index (χ2v) is 7.74. The zero-order chi connectivity index (χ0) is 20.7. The lowest BCUT2D eigenvalue weighted by Gasteiger charge is -2.10. The molecule has 0 saturated carbocycles. The SMILES string of the molecule is CCCCCCCCCCCCc1ccccc1C(=O)NC(=O)c1ccccc1. The van der Waals surface area contributed by atoms with Crippen LogP contribution in [0, 0.1) is 0 Å². The lowest BCUT2D eigenvalue weighted by Crippen LogP contribution is -2.31. The van der Waals surface area contributed by atoms with Crippen molar-refractivity contribution in [3.05, 3.63) is 71.3 Å². The van der Waals surface area contributed by atoms with E-state index < -0.39 is 0 Å². The molecule has 2 rings (SSSR count). The number of carbonyl (C=O) groups excluding carboxylic acids is 2. The molecule has 0 bridgehead atoms. The minimum atomic E-state index is -0.357. The van der Waals surface area contributed by atoms with Crippen LogP contribution in [-0.4, -0.2) is 11.8 Å². The number of aryl methyl sites for hydroxylation is 1. The molecule has 2 aromatic carbocycles. The molecule has 0 spiro atoms. The van der Waals surface area contributed by atoms with Crippen molar-refractivity contribution in [1.82, 2.24) is 5.32 Å². The molecule has 29 heavy (non-hydrogen) atoms. The van der Waals surface area contributed by atoms with E-state index in [1.807, 2.05) is 24.3 Å². The molecular weight excluding hydrogens is 358 g/mol. The van der Waals surface area contributed by atoms with Gasteiger partial charge in [-0.15, -0.1) is 0 Å². The number of benzene rings is 2. The topological polar surface area (TPSA) is 46.2 Å². The van der Waals surface area contributed by atoms with Crippen LogP contribution >= 0.6 is 0 Å². The van der Waals surface area contributed by atoms with Gasteiger partial charge in [-0.25, -0.2) is 0 Å². The van der Waals surface area contributed by atoms with Gasteiger partial charge in [0.1, 0.15) is 0 Å². The molecular formula is C26H35NO2. The van der Waals surface area contributed by atoms with Crippen LogP contribution in [0.1, 0.15) is 97.4 Å². The molecule has 0 saturated heterocycles. The van der Waals surface area contributed by atoms with E-state index in [2.05, 4.69) is 12.2 Å². The molecule has 156 valence electrons. The summed E-state index contributed by atoms with van der Waals surface area (Å²) in [5.74, 6) is -0.675. The summed E-state index contributed by atoms with van der Waals surface area (Å²) in [6.07, 6.45) is 13.8. The van der Waals surface area contributed by atoms with E-state index in [1.165, 1.54) is 57.8 Å². The van der Waals surface area contributed by atoms with Gasteiger partial charge in [0.2, 0.25) is 0 Å². The standard InChI is InChI=1S/C26H35NO2/c1-2-3-4-5-6-7-8-9-10-12-17-22-18-15-16-21-24(22)26(29)27-25(28)23-19-13-11-14-20-23/h11,13-16,18-21H,2-10,12,17H2,1H3,(H,27,28,29). The Balaban J connectivity index is 1.73. The Labute approximate surface area is 175 Å². The fourth-order valence-electron chi connectivity index (χ4n) is 3.59. The summed E-state index contributed by atoms with van der Waals surface area (Å²) in [6.45, 7) is 2.25. The van der Waals surface area contributed by atoms with Gasteiger partial charge in [-0.05, 0) is 36.6 Å². The van der Waals surface area contributed by atoms with Gasteiger partial charge >= 0.3 is 0 Å². The third kappa shape index (κ3) is 8.64. The summed E-state index contributed by atoms with van der Waals surface area (Å²) in [4.78, 5) is 24.9. The van der Waals surface area contributed by atoms with Gasteiger partial charge in [0, 0.05) is 11.1 Å². The first-order valence-electron chi connectivity index (χ1n) is 11.2. The predicted molar refractivity (Wildman–Crippen MR) is 120 cm³/mol. The number of unbranched alkanes of at least 4 members (excludes halogenated alkanes) is 9. The summed E-state index contributed by atoms with van der Waals surface area (Å²) in [6, 6.07) is 16.5. The maximum absolute atomic E-state index is 12.6. The van der Waals surface area contributed by atoms with Gasteiger partial charge in [0.25, 0.3) is 11.8 Å². The van der Waals surface area contributed by atoms with Crippen LogP contribution in [0.4, 0.5) is 0 Å². The van der Waals surface area contributed by atoms with E-state index >= 15 is 0 Å². The zero-order valence-electron chi connectivity index (χ0n) is 17.8. The molecule has 0 atom stereocenters. The Kier molecular flexibility index (Phi) is 10.8. The van der Waals surface area contributed by atoms with Crippen LogP contribution < -0.4 is 5.32 Å². The summed E-state index contributed by atoms with van der Waals surface area (Å²) in [5.41, 5.74) is 2.12. The Morgan fingerprint density at radius 2 is 1.21 bits per heavy atom. The van der Waals surface area contributed by atoms with Crippen LogP contribution in [0.5, 0.6) is 0 Å². The first-order chi connectivity index (χ1) is 14.2. The fraction of sp³-hybridized carbons (Fsp3) is 0.462. The first-order valence-corrected chi connectivity index (χ1v) is 11.2. The number of rotatable bonds is 13.